The summed E-state index contributed by atoms with van der Waals surface area (Å²) in [5.41, 5.74) is 5.00. The molecule has 0 atom stereocenters. The van der Waals surface area contributed by atoms with Crippen LogP contribution in [-0.2, 0) is 4.79 Å². The van der Waals surface area contributed by atoms with Crippen molar-refractivity contribution in [1.82, 2.24) is 10.9 Å². The van der Waals surface area contributed by atoms with Crippen LogP contribution in [0.3, 0.4) is 0 Å². The first-order chi connectivity index (χ1) is 13.4. The molecular weight excluding hydrogens is 515 g/mol. The van der Waals surface area contributed by atoms with E-state index in [-0.39, 0.29) is 6.61 Å². The number of rotatable bonds is 8. The zero-order valence-corrected chi connectivity index (χ0v) is 19.0. The van der Waals surface area contributed by atoms with E-state index in [0.717, 1.165) is 17.3 Å². The van der Waals surface area contributed by atoms with Gasteiger partial charge in [-0.3, -0.25) is 20.4 Å². The fourth-order valence-corrected chi connectivity index (χ4v) is 3.28. The van der Waals surface area contributed by atoms with Crippen molar-refractivity contribution < 1.29 is 19.1 Å². The molecule has 0 unspecified atom stereocenters. The Balaban J connectivity index is 1.82. The van der Waals surface area contributed by atoms with Gasteiger partial charge < -0.3 is 9.47 Å². The lowest BCUT2D eigenvalue weighted by molar-refractivity contribution is -0.123. The number of carbonyl (C=O) groups excluding carboxylic acids is 2. The summed E-state index contributed by atoms with van der Waals surface area (Å²) < 4.78 is 12.4. The lowest BCUT2D eigenvalue weighted by Gasteiger charge is -2.11. The summed E-state index contributed by atoms with van der Waals surface area (Å²) in [5.74, 6) is 0.0458. The predicted molar refractivity (Wildman–Crippen MR) is 115 cm³/mol. The Kier molecular flexibility index (Phi) is 9.08. The van der Waals surface area contributed by atoms with E-state index in [1.54, 1.807) is 36.4 Å². The maximum atomic E-state index is 12.2. The van der Waals surface area contributed by atoms with Gasteiger partial charge in [0.05, 0.1) is 16.1 Å². The van der Waals surface area contributed by atoms with Gasteiger partial charge in [0, 0.05) is 10.0 Å². The van der Waals surface area contributed by atoms with Crippen molar-refractivity contribution in [1.29, 1.82) is 0 Å². The summed E-state index contributed by atoms with van der Waals surface area (Å²) in [7, 11) is 0. The van der Waals surface area contributed by atoms with E-state index in [2.05, 4.69) is 49.6 Å². The van der Waals surface area contributed by atoms with Gasteiger partial charge in [0.1, 0.15) is 11.5 Å². The number of nitrogens with one attached hydrogen (secondary N) is 2. The minimum absolute atomic E-state index is 0.296. The van der Waals surface area contributed by atoms with E-state index in [1.165, 1.54) is 0 Å². The molecule has 2 N–H and O–H groups in total. The number of hydrazine groups is 1. The van der Waals surface area contributed by atoms with E-state index in [9.17, 15) is 9.59 Å². The third kappa shape index (κ3) is 7.00. The molecule has 0 heterocycles. The molecule has 0 aliphatic carbocycles. The van der Waals surface area contributed by atoms with Crippen molar-refractivity contribution in [2.24, 2.45) is 0 Å². The van der Waals surface area contributed by atoms with Gasteiger partial charge in [-0.25, -0.2) is 0 Å². The number of hydrogen-bond donors (Lipinski definition) is 2. The van der Waals surface area contributed by atoms with Crippen LogP contribution in [0.1, 0.15) is 30.1 Å². The van der Waals surface area contributed by atoms with Gasteiger partial charge >= 0.3 is 0 Å². The highest BCUT2D eigenvalue weighted by molar-refractivity contribution is 9.10. The first-order valence-electron chi connectivity index (χ1n) is 8.50. The van der Waals surface area contributed by atoms with Crippen molar-refractivity contribution in [2.45, 2.75) is 19.8 Å². The van der Waals surface area contributed by atoms with Crippen LogP contribution in [0.15, 0.2) is 45.3 Å². The SMILES string of the molecule is CCCCOc1ccc(C(=O)NNC(=O)COc2ccc(Br)cc2Cl)cc1Br. The molecule has 0 saturated heterocycles. The predicted octanol–water partition coefficient (Wildman–Crippen LogP) is 4.88. The molecule has 9 heteroatoms. The summed E-state index contributed by atoms with van der Waals surface area (Å²) in [4.78, 5) is 24.0. The summed E-state index contributed by atoms with van der Waals surface area (Å²) in [5, 5.41) is 0.373. The number of ether oxygens (including phenoxy) is 2. The van der Waals surface area contributed by atoms with E-state index in [0.29, 0.717) is 33.2 Å². The molecule has 0 fully saturated rings. The maximum absolute atomic E-state index is 12.2. The molecule has 2 amide bonds. The molecule has 0 spiro atoms. The topological polar surface area (TPSA) is 76.7 Å². The molecular formula is C19H19Br2ClN2O4. The highest BCUT2D eigenvalue weighted by Crippen LogP contribution is 2.28. The van der Waals surface area contributed by atoms with Crippen LogP contribution in [0.4, 0.5) is 0 Å². The molecule has 28 heavy (non-hydrogen) atoms. The Morgan fingerprint density at radius 1 is 1.04 bits per heavy atom. The standard InChI is InChI=1S/C19H19Br2ClN2O4/c1-2-3-8-27-16-6-4-12(9-14(16)21)19(26)24-23-18(25)11-28-17-7-5-13(20)10-15(17)22/h4-7,9-10H,2-3,8,11H2,1H3,(H,23,25)(H,24,26). The third-order valence-corrected chi connectivity index (χ3v) is 4.93. The molecule has 0 aliphatic heterocycles. The Hall–Kier alpha value is -1.77. The highest BCUT2D eigenvalue weighted by Gasteiger charge is 2.11. The fourth-order valence-electron chi connectivity index (χ4n) is 2.06. The van der Waals surface area contributed by atoms with Crippen LogP contribution in [0.25, 0.3) is 0 Å². The third-order valence-electron chi connectivity index (χ3n) is 3.52. The maximum Gasteiger partial charge on any atom is 0.276 e. The molecule has 0 radical (unpaired) electrons. The number of halogens is 3. The molecule has 2 aromatic carbocycles. The normalized spacial score (nSPS) is 10.3. The van der Waals surface area contributed by atoms with Crippen LogP contribution in [0.2, 0.25) is 5.02 Å². The van der Waals surface area contributed by atoms with Crippen LogP contribution >= 0.6 is 43.5 Å². The highest BCUT2D eigenvalue weighted by atomic mass is 79.9. The van der Waals surface area contributed by atoms with Crippen molar-refractivity contribution in [2.75, 3.05) is 13.2 Å². The second-order valence-corrected chi connectivity index (χ2v) is 7.89. The van der Waals surface area contributed by atoms with Crippen LogP contribution in [-0.4, -0.2) is 25.0 Å². The van der Waals surface area contributed by atoms with Crippen molar-refractivity contribution in [3.8, 4) is 11.5 Å². The number of benzene rings is 2. The lowest BCUT2D eigenvalue weighted by Crippen LogP contribution is -2.43. The molecule has 0 aliphatic rings. The molecule has 2 rings (SSSR count). The summed E-state index contributed by atoms with van der Waals surface area (Å²) >= 11 is 12.7. The largest absolute Gasteiger partial charge is 0.492 e. The Bertz CT molecular complexity index is 849. The average Bonchev–Trinajstić information content (AvgIpc) is 2.66. The summed E-state index contributed by atoms with van der Waals surface area (Å²) in [6, 6.07) is 9.99. The Morgan fingerprint density at radius 3 is 2.46 bits per heavy atom. The van der Waals surface area contributed by atoms with Gasteiger partial charge in [0.15, 0.2) is 6.61 Å². The van der Waals surface area contributed by atoms with Gasteiger partial charge in [-0.15, -0.1) is 0 Å². The molecule has 0 aromatic heterocycles. The van der Waals surface area contributed by atoms with E-state index < -0.39 is 11.8 Å². The van der Waals surface area contributed by atoms with Gasteiger partial charge in [-0.1, -0.05) is 40.9 Å². The quantitative estimate of drug-likeness (QED) is 0.374. The number of unbranched alkanes of at least 4 members (excludes halogenated alkanes) is 1. The first-order valence-corrected chi connectivity index (χ1v) is 10.5. The zero-order valence-electron chi connectivity index (χ0n) is 15.1. The molecule has 0 bridgehead atoms. The number of amides is 2. The fraction of sp³-hybridized carbons (Fsp3) is 0.263. The Morgan fingerprint density at radius 2 is 1.79 bits per heavy atom. The summed E-state index contributed by atoms with van der Waals surface area (Å²) in [6.45, 7) is 2.40. The van der Waals surface area contributed by atoms with E-state index in [4.69, 9.17) is 21.1 Å². The van der Waals surface area contributed by atoms with Crippen LogP contribution in [0.5, 0.6) is 11.5 Å². The van der Waals surface area contributed by atoms with Gasteiger partial charge in [-0.2, -0.15) is 0 Å². The first kappa shape index (κ1) is 22.5. The van der Waals surface area contributed by atoms with Gasteiger partial charge in [-0.05, 0) is 58.7 Å². The van der Waals surface area contributed by atoms with Crippen LogP contribution in [0, 0.1) is 0 Å². The number of hydrogen-bond acceptors (Lipinski definition) is 4. The van der Waals surface area contributed by atoms with Crippen molar-refractivity contribution in [3.05, 3.63) is 55.9 Å². The minimum Gasteiger partial charge on any atom is -0.492 e. The second-order valence-electron chi connectivity index (χ2n) is 5.71. The molecule has 0 saturated carbocycles. The van der Waals surface area contributed by atoms with Gasteiger partial charge in [0.2, 0.25) is 0 Å². The minimum atomic E-state index is -0.522. The van der Waals surface area contributed by atoms with E-state index in [1.807, 2.05) is 0 Å². The monoisotopic (exact) mass is 532 g/mol. The lowest BCUT2D eigenvalue weighted by atomic mass is 10.2. The number of carbonyl (C=O) groups is 2. The van der Waals surface area contributed by atoms with Crippen molar-refractivity contribution in [3.63, 3.8) is 0 Å². The summed E-state index contributed by atoms with van der Waals surface area (Å²) in [6.07, 6.45) is 1.99. The van der Waals surface area contributed by atoms with Crippen molar-refractivity contribution >= 4 is 55.3 Å². The second kappa shape index (κ2) is 11.3. The van der Waals surface area contributed by atoms with Gasteiger partial charge in [0.25, 0.3) is 11.8 Å². The zero-order chi connectivity index (χ0) is 20.5. The van der Waals surface area contributed by atoms with Crippen LogP contribution < -0.4 is 20.3 Å². The van der Waals surface area contributed by atoms with E-state index >= 15 is 0 Å². The molecule has 6 nitrogen and oxygen atoms in total. The molecule has 150 valence electrons. The molecule has 2 aromatic rings. The average molecular weight is 535 g/mol. The smallest absolute Gasteiger partial charge is 0.276 e. The Labute approximate surface area is 185 Å².